The van der Waals surface area contributed by atoms with Crippen molar-refractivity contribution in [2.45, 2.75) is 28.4 Å². The summed E-state index contributed by atoms with van der Waals surface area (Å²) in [5, 5.41) is 2.51. The zero-order valence-electron chi connectivity index (χ0n) is 22.8. The van der Waals surface area contributed by atoms with Crippen LogP contribution in [0.25, 0.3) is 0 Å². The Balaban J connectivity index is 1.34. The lowest BCUT2D eigenvalue weighted by Crippen LogP contribution is -2.57. The van der Waals surface area contributed by atoms with Crippen molar-refractivity contribution in [2.24, 2.45) is 11.8 Å². The number of likely N-dealkylation sites (tertiary alicyclic amines) is 1. The van der Waals surface area contributed by atoms with Gasteiger partial charge in [-0.2, -0.15) is 13.2 Å². The number of rotatable bonds is 5. The maximum absolute atomic E-state index is 14.5. The molecule has 5 nitrogen and oxygen atoms in total. The first kappa shape index (κ1) is 28.6. The Labute approximate surface area is 260 Å². The number of hydrogen-bond acceptors (Lipinski definition) is 3. The normalized spacial score (nSPS) is 25.7. The van der Waals surface area contributed by atoms with Gasteiger partial charge in [-0.05, 0) is 46.0 Å². The molecule has 2 bridgehead atoms. The van der Waals surface area contributed by atoms with E-state index >= 15 is 0 Å². The topological polar surface area (TPSA) is 66.5 Å². The van der Waals surface area contributed by atoms with Gasteiger partial charge in [0.25, 0.3) is 0 Å². The molecule has 1 fully saturated rings. The number of nitrogens with one attached hydrogen (secondary N) is 1. The molecule has 4 aliphatic rings. The molecular formula is C34H23Cl2F3N2O3. The van der Waals surface area contributed by atoms with E-state index in [-0.39, 0.29) is 12.1 Å². The zero-order chi connectivity index (χ0) is 31.0. The Morgan fingerprint density at radius 2 is 1.23 bits per heavy atom. The molecule has 3 atom stereocenters. The van der Waals surface area contributed by atoms with E-state index < -0.39 is 57.1 Å². The summed E-state index contributed by atoms with van der Waals surface area (Å²) in [4.78, 5) is 41.0. The van der Waals surface area contributed by atoms with Gasteiger partial charge in [-0.1, -0.05) is 84.9 Å². The summed E-state index contributed by atoms with van der Waals surface area (Å²) in [5.41, 5.74) is 2.04. The predicted octanol–water partition coefficient (Wildman–Crippen LogP) is 6.85. The van der Waals surface area contributed by atoms with E-state index in [2.05, 4.69) is 5.32 Å². The maximum atomic E-state index is 14.5. The molecule has 10 heteroatoms. The van der Waals surface area contributed by atoms with Crippen LogP contribution in [0.5, 0.6) is 0 Å². The molecule has 0 radical (unpaired) electrons. The molecule has 0 aromatic heterocycles. The van der Waals surface area contributed by atoms with Gasteiger partial charge in [0, 0.05) is 12.1 Å². The third kappa shape index (κ3) is 3.97. The summed E-state index contributed by atoms with van der Waals surface area (Å²) in [5.74, 6) is -4.39. The lowest BCUT2D eigenvalue weighted by molar-refractivity contribution is -0.146. The van der Waals surface area contributed by atoms with Crippen LogP contribution in [0, 0.1) is 11.8 Å². The van der Waals surface area contributed by atoms with Gasteiger partial charge in [0.2, 0.25) is 17.7 Å². The van der Waals surface area contributed by atoms with Crippen molar-refractivity contribution in [3.63, 3.8) is 0 Å². The van der Waals surface area contributed by atoms with E-state index in [1.165, 1.54) is 12.1 Å². The van der Waals surface area contributed by atoms with Crippen molar-refractivity contribution in [1.82, 2.24) is 4.90 Å². The van der Waals surface area contributed by atoms with Gasteiger partial charge >= 0.3 is 6.18 Å². The van der Waals surface area contributed by atoms with Crippen molar-refractivity contribution < 1.29 is 27.6 Å². The zero-order valence-corrected chi connectivity index (χ0v) is 24.3. The standard InChI is InChI=1S/C34H23Cl2F3N2O3/c35-32-22-13-4-5-14-23(22)33(36,25-16-7-6-15-24(25)32)28-27(32)30(43)41(31(28)44)26(17-19-9-2-1-3-10-19)29(42)40-21-12-8-11-20(18-21)34(37,38)39/h1-16,18,26-28H,17H2,(H,40,42)/t26-,27-,28-,32?,33?/m0/s1. The summed E-state index contributed by atoms with van der Waals surface area (Å²) < 4.78 is 40.2. The van der Waals surface area contributed by atoms with E-state index in [1.807, 2.05) is 0 Å². The Morgan fingerprint density at radius 1 is 0.750 bits per heavy atom. The van der Waals surface area contributed by atoms with Crippen LogP contribution in [0.2, 0.25) is 0 Å². The number of carbonyl (C=O) groups is 3. The number of benzene rings is 4. The first-order chi connectivity index (χ1) is 21.0. The molecule has 4 aromatic carbocycles. The summed E-state index contributed by atoms with van der Waals surface area (Å²) in [6.07, 6.45) is -4.71. The fraction of sp³-hybridized carbons (Fsp3) is 0.206. The van der Waals surface area contributed by atoms with Gasteiger partial charge in [-0.15, -0.1) is 23.2 Å². The number of nitrogens with zero attached hydrogens (tertiary/aromatic N) is 1. The van der Waals surface area contributed by atoms with E-state index in [4.69, 9.17) is 23.2 Å². The largest absolute Gasteiger partial charge is 0.416 e. The average Bonchev–Trinajstić information content (AvgIpc) is 3.29. The number of carbonyl (C=O) groups excluding carboxylic acids is 3. The minimum atomic E-state index is -4.63. The van der Waals surface area contributed by atoms with Crippen LogP contribution in [-0.4, -0.2) is 28.7 Å². The molecule has 1 N–H and O–H groups in total. The Hall–Kier alpha value is -4.14. The molecule has 0 saturated carbocycles. The molecule has 1 aliphatic heterocycles. The lowest BCUT2D eigenvalue weighted by atomic mass is 9.54. The van der Waals surface area contributed by atoms with Crippen LogP contribution in [0.15, 0.2) is 103 Å². The second kappa shape index (κ2) is 9.94. The van der Waals surface area contributed by atoms with Crippen molar-refractivity contribution in [1.29, 1.82) is 0 Å². The average molecular weight is 635 g/mol. The second-order valence-electron chi connectivity index (χ2n) is 11.3. The van der Waals surface area contributed by atoms with Gasteiger partial charge in [-0.25, -0.2) is 0 Å². The molecule has 3 aliphatic carbocycles. The van der Waals surface area contributed by atoms with Gasteiger partial charge < -0.3 is 5.32 Å². The minimum Gasteiger partial charge on any atom is -0.324 e. The highest BCUT2D eigenvalue weighted by molar-refractivity contribution is 6.36. The molecule has 4 aromatic rings. The third-order valence-electron chi connectivity index (χ3n) is 8.96. The second-order valence-corrected chi connectivity index (χ2v) is 12.5. The van der Waals surface area contributed by atoms with Gasteiger partial charge in [0.15, 0.2) is 0 Å². The molecule has 44 heavy (non-hydrogen) atoms. The van der Waals surface area contributed by atoms with Crippen molar-refractivity contribution >= 4 is 46.6 Å². The van der Waals surface area contributed by atoms with Gasteiger partial charge in [0.1, 0.15) is 15.8 Å². The maximum Gasteiger partial charge on any atom is 0.416 e. The van der Waals surface area contributed by atoms with E-state index in [1.54, 1.807) is 78.9 Å². The fourth-order valence-electron chi connectivity index (χ4n) is 7.13. The quantitative estimate of drug-likeness (QED) is 0.193. The molecule has 222 valence electrons. The number of imide groups is 1. The van der Waals surface area contributed by atoms with Crippen molar-refractivity contribution in [3.05, 3.63) is 137 Å². The Morgan fingerprint density at radius 3 is 1.70 bits per heavy atom. The molecule has 1 saturated heterocycles. The van der Waals surface area contributed by atoms with E-state index in [9.17, 15) is 27.6 Å². The number of alkyl halides is 5. The van der Waals surface area contributed by atoms with Gasteiger partial charge in [-0.3, -0.25) is 19.3 Å². The van der Waals surface area contributed by atoms with Crippen molar-refractivity contribution in [2.75, 3.05) is 5.32 Å². The van der Waals surface area contributed by atoms with Gasteiger partial charge in [0.05, 0.1) is 17.4 Å². The monoisotopic (exact) mass is 634 g/mol. The number of anilines is 1. The van der Waals surface area contributed by atoms with Crippen LogP contribution < -0.4 is 5.32 Å². The molecule has 8 rings (SSSR count). The van der Waals surface area contributed by atoms with Crippen LogP contribution in [0.1, 0.15) is 33.4 Å². The van der Waals surface area contributed by atoms with Crippen LogP contribution in [0.3, 0.4) is 0 Å². The van der Waals surface area contributed by atoms with E-state index in [0.717, 1.165) is 17.0 Å². The number of hydrogen-bond donors (Lipinski definition) is 1. The lowest BCUT2D eigenvalue weighted by Gasteiger charge is -2.54. The van der Waals surface area contributed by atoms with E-state index in [0.29, 0.717) is 27.8 Å². The molecule has 0 unspecified atom stereocenters. The number of amides is 3. The van der Waals surface area contributed by atoms with Crippen LogP contribution in [0.4, 0.5) is 18.9 Å². The van der Waals surface area contributed by atoms with Crippen molar-refractivity contribution in [3.8, 4) is 0 Å². The number of halogens is 5. The highest BCUT2D eigenvalue weighted by Crippen LogP contribution is 2.69. The predicted molar refractivity (Wildman–Crippen MR) is 159 cm³/mol. The smallest absolute Gasteiger partial charge is 0.324 e. The minimum absolute atomic E-state index is 0.0764. The highest BCUT2D eigenvalue weighted by atomic mass is 35.5. The molecular weight excluding hydrogens is 612 g/mol. The Bertz CT molecular complexity index is 1720. The molecule has 1 heterocycles. The fourth-order valence-corrected chi connectivity index (χ4v) is 8.23. The molecule has 3 amide bonds. The highest BCUT2D eigenvalue weighted by Gasteiger charge is 2.73. The first-order valence-corrected chi connectivity index (χ1v) is 14.7. The Kier molecular flexibility index (Phi) is 6.47. The SMILES string of the molecule is O=C(Nc1cccc(C(F)(F)F)c1)[C@H](Cc1ccccc1)N1C(=O)[C@@H]2[C@@H](C1=O)C1(Cl)c3ccccc3C2(Cl)c2ccccc21. The summed E-state index contributed by atoms with van der Waals surface area (Å²) in [6, 6.07) is 25.9. The summed E-state index contributed by atoms with van der Waals surface area (Å²) in [6.45, 7) is 0. The first-order valence-electron chi connectivity index (χ1n) is 13.9. The molecule has 0 spiro atoms. The third-order valence-corrected chi connectivity index (χ3v) is 10.2. The summed E-state index contributed by atoms with van der Waals surface area (Å²) >= 11 is 15.0. The van der Waals surface area contributed by atoms with Crippen LogP contribution >= 0.6 is 23.2 Å². The van der Waals surface area contributed by atoms with Crippen LogP contribution in [-0.2, 0) is 36.7 Å². The summed E-state index contributed by atoms with van der Waals surface area (Å²) in [7, 11) is 0.